The molecule has 0 bridgehead atoms. The Labute approximate surface area is 169 Å². The first-order valence-electron chi connectivity index (χ1n) is 9.03. The van der Waals surface area contributed by atoms with E-state index in [4.69, 9.17) is 0 Å². The predicted octanol–water partition coefficient (Wildman–Crippen LogP) is 2.63. The SMILES string of the molecule is CCN(CC(=O)Nc1ccc(NC(C)=O)cc1)C(=O)CN(C)Cc1cccs1. The number of thiophene rings is 1. The first-order valence-corrected chi connectivity index (χ1v) is 9.91. The van der Waals surface area contributed by atoms with Crippen LogP contribution in [-0.4, -0.2) is 54.2 Å². The third kappa shape index (κ3) is 7.13. The summed E-state index contributed by atoms with van der Waals surface area (Å²) in [7, 11) is 1.89. The molecule has 3 amide bonds. The van der Waals surface area contributed by atoms with Crippen LogP contribution >= 0.6 is 11.3 Å². The van der Waals surface area contributed by atoms with Gasteiger partial charge in [-0.2, -0.15) is 0 Å². The molecule has 2 rings (SSSR count). The minimum absolute atomic E-state index is 0.00434. The van der Waals surface area contributed by atoms with Gasteiger partial charge in [0.05, 0.1) is 13.1 Å². The Morgan fingerprint density at radius 3 is 2.18 bits per heavy atom. The van der Waals surface area contributed by atoms with E-state index in [1.54, 1.807) is 35.6 Å². The van der Waals surface area contributed by atoms with Crippen molar-refractivity contribution in [2.24, 2.45) is 0 Å². The fourth-order valence-electron chi connectivity index (χ4n) is 2.65. The summed E-state index contributed by atoms with van der Waals surface area (Å²) in [6.45, 7) is 4.70. The highest BCUT2D eigenvalue weighted by molar-refractivity contribution is 7.09. The number of amides is 3. The zero-order valence-corrected chi connectivity index (χ0v) is 17.2. The largest absolute Gasteiger partial charge is 0.333 e. The number of likely N-dealkylation sites (N-methyl/N-ethyl adjacent to an activating group) is 2. The number of hydrogen-bond donors (Lipinski definition) is 2. The summed E-state index contributed by atoms with van der Waals surface area (Å²) < 4.78 is 0. The summed E-state index contributed by atoms with van der Waals surface area (Å²) in [4.78, 5) is 40.5. The molecule has 7 nitrogen and oxygen atoms in total. The number of carbonyl (C=O) groups is 3. The van der Waals surface area contributed by atoms with Crippen LogP contribution < -0.4 is 10.6 Å². The van der Waals surface area contributed by atoms with E-state index in [2.05, 4.69) is 10.6 Å². The summed E-state index contributed by atoms with van der Waals surface area (Å²) in [6.07, 6.45) is 0. The van der Waals surface area contributed by atoms with E-state index in [9.17, 15) is 14.4 Å². The first kappa shape index (κ1) is 21.6. The van der Waals surface area contributed by atoms with Gasteiger partial charge in [0, 0.05) is 36.3 Å². The van der Waals surface area contributed by atoms with Gasteiger partial charge in [-0.15, -0.1) is 11.3 Å². The van der Waals surface area contributed by atoms with E-state index in [1.807, 2.05) is 36.4 Å². The molecule has 0 fully saturated rings. The van der Waals surface area contributed by atoms with Crippen molar-refractivity contribution in [3.05, 3.63) is 46.7 Å². The highest BCUT2D eigenvalue weighted by atomic mass is 32.1. The normalized spacial score (nSPS) is 10.6. The zero-order valence-electron chi connectivity index (χ0n) is 16.4. The Morgan fingerprint density at radius 1 is 1.00 bits per heavy atom. The van der Waals surface area contributed by atoms with E-state index in [0.717, 1.165) is 0 Å². The number of hydrogen-bond acceptors (Lipinski definition) is 5. The van der Waals surface area contributed by atoms with Crippen LogP contribution in [0.15, 0.2) is 41.8 Å². The molecule has 8 heteroatoms. The fraction of sp³-hybridized carbons (Fsp3) is 0.350. The number of anilines is 2. The summed E-state index contributed by atoms with van der Waals surface area (Å²) in [5, 5.41) is 7.45. The standard InChI is InChI=1S/C20H26N4O3S/c1-4-24(20(27)14-23(3)12-18-6-5-11-28-18)13-19(26)22-17-9-7-16(8-10-17)21-15(2)25/h5-11H,4,12-14H2,1-3H3,(H,21,25)(H,22,26). The van der Waals surface area contributed by atoms with Gasteiger partial charge in [0.2, 0.25) is 17.7 Å². The maximum absolute atomic E-state index is 12.5. The molecule has 1 heterocycles. The van der Waals surface area contributed by atoms with Crippen LogP contribution in [0, 0.1) is 0 Å². The maximum Gasteiger partial charge on any atom is 0.243 e. The molecule has 1 aromatic carbocycles. The lowest BCUT2D eigenvalue weighted by atomic mass is 10.2. The van der Waals surface area contributed by atoms with Gasteiger partial charge in [0.25, 0.3) is 0 Å². The Morgan fingerprint density at radius 2 is 1.64 bits per heavy atom. The lowest BCUT2D eigenvalue weighted by molar-refractivity contribution is -0.135. The van der Waals surface area contributed by atoms with Crippen molar-refractivity contribution in [3.8, 4) is 0 Å². The van der Waals surface area contributed by atoms with Gasteiger partial charge in [-0.1, -0.05) is 6.07 Å². The van der Waals surface area contributed by atoms with Crippen molar-refractivity contribution in [2.45, 2.75) is 20.4 Å². The van der Waals surface area contributed by atoms with Gasteiger partial charge in [0.15, 0.2) is 0 Å². The summed E-state index contributed by atoms with van der Waals surface area (Å²) in [6, 6.07) is 10.8. The monoisotopic (exact) mass is 402 g/mol. The van der Waals surface area contributed by atoms with Crippen molar-refractivity contribution in [1.29, 1.82) is 0 Å². The predicted molar refractivity (Wildman–Crippen MR) is 112 cm³/mol. The Bertz CT molecular complexity index is 790. The molecule has 0 atom stereocenters. The number of nitrogens with one attached hydrogen (secondary N) is 2. The average Bonchev–Trinajstić information content (AvgIpc) is 3.13. The lowest BCUT2D eigenvalue weighted by Crippen LogP contribution is -2.42. The fourth-order valence-corrected chi connectivity index (χ4v) is 3.43. The van der Waals surface area contributed by atoms with Crippen molar-refractivity contribution < 1.29 is 14.4 Å². The van der Waals surface area contributed by atoms with E-state index in [1.165, 1.54) is 16.7 Å². The molecule has 0 aliphatic carbocycles. The molecule has 2 N–H and O–H groups in total. The van der Waals surface area contributed by atoms with Gasteiger partial charge in [0.1, 0.15) is 0 Å². The van der Waals surface area contributed by atoms with Crippen LogP contribution in [0.25, 0.3) is 0 Å². The smallest absolute Gasteiger partial charge is 0.243 e. The van der Waals surface area contributed by atoms with Gasteiger partial charge < -0.3 is 15.5 Å². The average molecular weight is 403 g/mol. The van der Waals surface area contributed by atoms with E-state index in [-0.39, 0.29) is 30.8 Å². The number of carbonyl (C=O) groups excluding carboxylic acids is 3. The highest BCUT2D eigenvalue weighted by Crippen LogP contribution is 2.14. The second-order valence-corrected chi connectivity index (χ2v) is 7.50. The van der Waals surface area contributed by atoms with E-state index in [0.29, 0.717) is 24.5 Å². The molecule has 0 aliphatic heterocycles. The van der Waals surface area contributed by atoms with Crippen LogP contribution in [0.2, 0.25) is 0 Å². The Hall–Kier alpha value is -2.71. The van der Waals surface area contributed by atoms with Crippen molar-refractivity contribution >= 4 is 40.4 Å². The second-order valence-electron chi connectivity index (χ2n) is 6.47. The minimum atomic E-state index is -0.261. The zero-order chi connectivity index (χ0) is 20.5. The molecular formula is C20H26N4O3S. The van der Waals surface area contributed by atoms with Gasteiger partial charge >= 0.3 is 0 Å². The molecule has 1 aromatic heterocycles. The van der Waals surface area contributed by atoms with Crippen molar-refractivity contribution in [1.82, 2.24) is 9.80 Å². The first-order chi connectivity index (χ1) is 13.4. The topological polar surface area (TPSA) is 81.8 Å². The molecular weight excluding hydrogens is 376 g/mol. The molecule has 2 aromatic rings. The molecule has 28 heavy (non-hydrogen) atoms. The molecule has 0 saturated heterocycles. The summed E-state index contributed by atoms with van der Waals surface area (Å²) in [5.74, 6) is -0.501. The second kappa shape index (κ2) is 10.6. The molecule has 0 radical (unpaired) electrons. The van der Waals surface area contributed by atoms with Gasteiger partial charge in [-0.25, -0.2) is 0 Å². The maximum atomic E-state index is 12.5. The summed E-state index contributed by atoms with van der Waals surface area (Å²) in [5.41, 5.74) is 1.27. The van der Waals surface area contributed by atoms with E-state index < -0.39 is 0 Å². The van der Waals surface area contributed by atoms with Crippen LogP contribution in [0.1, 0.15) is 18.7 Å². The Kier molecular flexibility index (Phi) is 8.16. The van der Waals surface area contributed by atoms with Crippen LogP contribution in [0.4, 0.5) is 11.4 Å². The number of rotatable bonds is 9. The van der Waals surface area contributed by atoms with Crippen LogP contribution in [0.5, 0.6) is 0 Å². The number of benzene rings is 1. The minimum Gasteiger partial charge on any atom is -0.333 e. The molecule has 0 saturated carbocycles. The third-order valence-electron chi connectivity index (χ3n) is 3.97. The van der Waals surface area contributed by atoms with Crippen LogP contribution in [-0.2, 0) is 20.9 Å². The molecule has 0 unspecified atom stereocenters. The van der Waals surface area contributed by atoms with Gasteiger partial charge in [-0.3, -0.25) is 19.3 Å². The highest BCUT2D eigenvalue weighted by Gasteiger charge is 2.17. The Balaban J connectivity index is 1.84. The van der Waals surface area contributed by atoms with Gasteiger partial charge in [-0.05, 0) is 49.7 Å². The molecule has 150 valence electrons. The van der Waals surface area contributed by atoms with E-state index >= 15 is 0 Å². The quantitative estimate of drug-likeness (QED) is 0.676. The number of nitrogens with zero attached hydrogens (tertiary/aromatic N) is 2. The van der Waals surface area contributed by atoms with Crippen molar-refractivity contribution in [2.75, 3.05) is 37.3 Å². The van der Waals surface area contributed by atoms with Crippen molar-refractivity contribution in [3.63, 3.8) is 0 Å². The lowest BCUT2D eigenvalue weighted by Gasteiger charge is -2.23. The molecule has 0 spiro atoms. The van der Waals surface area contributed by atoms with Crippen LogP contribution in [0.3, 0.4) is 0 Å². The summed E-state index contributed by atoms with van der Waals surface area (Å²) >= 11 is 1.65. The molecule has 0 aliphatic rings. The third-order valence-corrected chi connectivity index (χ3v) is 4.83.